The molecule has 26 nitrogen and oxygen atoms in total. The molecule has 2 bridgehead atoms. The number of fused-ring (bicyclic) bond motifs is 5. The largest absolute Gasteiger partial charge is 0.509 e. The lowest BCUT2D eigenvalue weighted by atomic mass is 9.44. The molecule has 1 heterocycles. The Balaban J connectivity index is 1.17. The predicted octanol–water partition coefficient (Wildman–Crippen LogP) is 5.38. The van der Waals surface area contributed by atoms with Gasteiger partial charge in [-0.3, -0.25) is 33.1 Å². The second-order valence-electron chi connectivity index (χ2n) is 22.5. The third kappa shape index (κ3) is 14.4. The number of hydrogen-bond acceptors (Lipinski definition) is 23. The van der Waals surface area contributed by atoms with Crippen LogP contribution in [0.1, 0.15) is 112 Å². The van der Waals surface area contributed by atoms with E-state index in [1.54, 1.807) is 54.6 Å². The maximum absolute atomic E-state index is 15.8. The molecule has 8 N–H and O–H groups in total. The molecule has 0 spiro atoms. The summed E-state index contributed by atoms with van der Waals surface area (Å²) >= 11 is 0. The van der Waals surface area contributed by atoms with Crippen molar-refractivity contribution in [3.8, 4) is 0 Å². The van der Waals surface area contributed by atoms with Crippen LogP contribution >= 0.6 is 36.8 Å². The number of unbranched alkanes of at least 4 members (excludes halogenated alkanes) is 1. The normalized spacial score (nSPS) is 26.4. The molecule has 2 saturated carbocycles. The molecular weight excluding hydrogens is 1240 g/mol. The lowest BCUT2D eigenvalue weighted by Gasteiger charge is -2.67. The first-order valence-electron chi connectivity index (χ1n) is 27.8. The highest BCUT2D eigenvalue weighted by molar-refractivity contribution is 8.76. The number of aliphatic hydroxyl groups is 3. The van der Waals surface area contributed by atoms with E-state index in [1.165, 1.54) is 85.7 Å². The highest BCUT2D eigenvalue weighted by Crippen LogP contribution is 2.69. The Morgan fingerprint density at radius 1 is 0.784 bits per heavy atom. The van der Waals surface area contributed by atoms with Gasteiger partial charge in [-0.1, -0.05) is 102 Å². The Bertz CT molecular complexity index is 3190. The van der Waals surface area contributed by atoms with E-state index in [1.807, 2.05) is 0 Å². The molecular formula is C58H71NO25P2S2. The summed E-state index contributed by atoms with van der Waals surface area (Å²) in [6.07, 6.45) is -14.6. The molecule has 30 heteroatoms. The number of hydrogen-bond donors (Lipinski definition) is 8. The Morgan fingerprint density at radius 3 is 1.90 bits per heavy atom. The summed E-state index contributed by atoms with van der Waals surface area (Å²) in [4.78, 5) is 150. The van der Waals surface area contributed by atoms with Crippen molar-refractivity contribution in [2.75, 3.05) is 31.3 Å². The van der Waals surface area contributed by atoms with E-state index < -0.39 is 158 Å². The zero-order valence-electron chi connectivity index (χ0n) is 48.7. The van der Waals surface area contributed by atoms with E-state index in [4.69, 9.17) is 37.9 Å². The number of carbonyl (C=O) groups excluding carboxylic acids is 8. The van der Waals surface area contributed by atoms with Crippen molar-refractivity contribution in [1.82, 2.24) is 5.32 Å². The van der Waals surface area contributed by atoms with Gasteiger partial charge in [-0.05, 0) is 74.1 Å². The minimum Gasteiger partial charge on any atom is -0.465 e. The summed E-state index contributed by atoms with van der Waals surface area (Å²) in [7, 11) is -8.94. The fourth-order valence-electron chi connectivity index (χ4n) is 12.1. The van der Waals surface area contributed by atoms with Crippen LogP contribution in [0.5, 0.6) is 0 Å². The Morgan fingerprint density at radius 2 is 1.35 bits per heavy atom. The number of aliphatic hydroxyl groups excluding tert-OH is 1. The molecule has 1 saturated heterocycles. The van der Waals surface area contributed by atoms with Crippen molar-refractivity contribution in [2.45, 2.75) is 139 Å². The van der Waals surface area contributed by atoms with Gasteiger partial charge in [0.05, 0.1) is 29.6 Å². The van der Waals surface area contributed by atoms with Crippen LogP contribution in [-0.4, -0.2) is 167 Å². The minimum absolute atomic E-state index is 0.00454. The molecule has 0 unspecified atom stereocenters. The molecule has 3 fully saturated rings. The van der Waals surface area contributed by atoms with Crippen LogP contribution in [-0.2, 0) is 71.0 Å². The molecule has 3 aliphatic carbocycles. The Kier molecular flexibility index (Phi) is 22.1. The fourth-order valence-corrected chi connectivity index (χ4v) is 16.0. The molecule has 480 valence electrons. The first-order chi connectivity index (χ1) is 41.2. The standard InChI is InChI=1S/C58H71NO25P2S2/c1-33-39(31-57(69)49(83-51(66)38-22-14-9-15-23-38)47-55(6,40(62)30-41-56(47,32-79-41)84-35(3)61)48(64)45(80-34(2)60)43(33)54(57,4)5)81-52(67)46(44(36-18-10-7-11-19-36)59-50(65)37-20-12-8-13-21-37)82-53(68)78-27-29-88-87-28-26-77-42(63)24-16-17-25-58(70,85(71,72)73)86(74,75)76/h7-15,18-23,39-41,44-47,49,62,69-70H,16-17,24-32H2,1-6H3,(H,59,65)(H2,71,72,73)(H2,74,75,76)/t39-,40-,41+,44-,45+,46+,47-,49-,55+,56-,57+/m0/s1. The Hall–Kier alpha value is -6.00. The van der Waals surface area contributed by atoms with Gasteiger partial charge in [0, 0.05) is 55.6 Å². The van der Waals surface area contributed by atoms with E-state index in [-0.39, 0.29) is 78.2 Å². The molecule has 11 atom stereocenters. The first-order valence-corrected chi connectivity index (χ1v) is 33.5. The third-order valence-corrected chi connectivity index (χ3v) is 22.9. The van der Waals surface area contributed by atoms with Crippen LogP contribution in [0.2, 0.25) is 0 Å². The fraction of sp³-hybridized carbons (Fsp3) is 0.517. The molecule has 4 aliphatic rings. The SMILES string of the molecule is CC(=O)O[C@H]1C(=O)[C@@]2(C)[C@H]([C@H](OC(=O)c3ccccc3)[C@]3(O)C[C@H](OC(=O)[C@H](OC(=O)OCCSSCCOC(=O)CCCCC(O)(P(=O)(O)O)P(=O)(O)O)[C@@H](NC(=O)c4ccccc4)c4ccccc4)C(C)=C1C3(C)C)[C@]1(OC(C)=O)CO[C@@H]1C[C@@H]2O. The van der Waals surface area contributed by atoms with E-state index in [9.17, 15) is 72.8 Å². The molecule has 7 rings (SSSR count). The average Bonchev–Trinajstić information content (AvgIpc) is 0.678. The van der Waals surface area contributed by atoms with Crippen LogP contribution in [0.15, 0.2) is 102 Å². The molecule has 0 aromatic heterocycles. The van der Waals surface area contributed by atoms with Crippen LogP contribution in [0.4, 0.5) is 4.79 Å². The van der Waals surface area contributed by atoms with Crippen LogP contribution < -0.4 is 5.32 Å². The summed E-state index contributed by atoms with van der Waals surface area (Å²) in [5.74, 6) is -7.95. The lowest BCUT2D eigenvalue weighted by molar-refractivity contribution is -0.346. The number of ketones is 1. The maximum Gasteiger partial charge on any atom is 0.509 e. The van der Waals surface area contributed by atoms with Gasteiger partial charge in [-0.15, -0.1) is 0 Å². The number of esters is 5. The molecule has 88 heavy (non-hydrogen) atoms. The molecule has 1 amide bonds. The average molecular weight is 1310 g/mol. The lowest BCUT2D eigenvalue weighted by Crippen LogP contribution is -2.82. The Labute approximate surface area is 513 Å². The predicted molar refractivity (Wildman–Crippen MR) is 311 cm³/mol. The number of Topliss-reactive ketones (excluding diaryl/α,β-unsaturated/α-hetero) is 1. The van der Waals surface area contributed by atoms with Crippen LogP contribution in [0, 0.1) is 16.7 Å². The van der Waals surface area contributed by atoms with Gasteiger partial charge >= 0.3 is 51.2 Å². The maximum atomic E-state index is 15.8. The van der Waals surface area contributed by atoms with Crippen molar-refractivity contribution in [3.63, 3.8) is 0 Å². The van der Waals surface area contributed by atoms with Crippen molar-refractivity contribution in [1.29, 1.82) is 0 Å². The van der Waals surface area contributed by atoms with Gasteiger partial charge in [0.1, 0.15) is 43.2 Å². The van der Waals surface area contributed by atoms with Gasteiger partial charge in [0.2, 0.25) is 6.10 Å². The summed E-state index contributed by atoms with van der Waals surface area (Å²) in [5.41, 5.74) is -8.11. The molecule has 0 radical (unpaired) electrons. The van der Waals surface area contributed by atoms with Crippen molar-refractivity contribution in [2.24, 2.45) is 16.7 Å². The zero-order chi connectivity index (χ0) is 64.8. The minimum atomic E-state index is -5.65. The monoisotopic (exact) mass is 1310 g/mol. The quantitative estimate of drug-likeness (QED) is 0.0132. The third-order valence-electron chi connectivity index (χ3n) is 16.7. The number of carbonyl (C=O) groups is 8. The van der Waals surface area contributed by atoms with Gasteiger partial charge in [0.15, 0.2) is 17.5 Å². The number of rotatable bonds is 25. The van der Waals surface area contributed by atoms with Gasteiger partial charge in [0.25, 0.3) is 11.0 Å². The van der Waals surface area contributed by atoms with Gasteiger partial charge in [-0.2, -0.15) is 0 Å². The van der Waals surface area contributed by atoms with E-state index in [0.717, 1.165) is 13.8 Å². The van der Waals surface area contributed by atoms with Crippen molar-refractivity contribution >= 4 is 84.5 Å². The molecule has 1 aliphatic heterocycles. The summed E-state index contributed by atoms with van der Waals surface area (Å²) in [6.45, 7) is 7.11. The number of ether oxygens (including phenoxy) is 8. The summed E-state index contributed by atoms with van der Waals surface area (Å²) in [6, 6.07) is 21.8. The van der Waals surface area contributed by atoms with Crippen LogP contribution in [0.3, 0.4) is 0 Å². The number of amides is 1. The summed E-state index contributed by atoms with van der Waals surface area (Å²) in [5, 5.41) is 35.5. The topological polar surface area (TPSA) is 398 Å². The summed E-state index contributed by atoms with van der Waals surface area (Å²) < 4.78 is 70.4. The molecule has 3 aromatic rings. The number of nitrogens with one attached hydrogen (secondary N) is 1. The highest BCUT2D eigenvalue weighted by Gasteiger charge is 2.78. The van der Waals surface area contributed by atoms with E-state index in [0.29, 0.717) is 0 Å². The van der Waals surface area contributed by atoms with Crippen molar-refractivity contribution < 1.29 is 120 Å². The van der Waals surface area contributed by atoms with Crippen molar-refractivity contribution in [3.05, 3.63) is 119 Å². The zero-order valence-corrected chi connectivity index (χ0v) is 52.2. The van der Waals surface area contributed by atoms with Gasteiger partial charge in [-0.25, -0.2) is 14.4 Å². The van der Waals surface area contributed by atoms with E-state index >= 15 is 9.59 Å². The highest BCUT2D eigenvalue weighted by atomic mass is 33.1. The second kappa shape index (κ2) is 28.0. The second-order valence-corrected chi connectivity index (χ2v) is 29.2. The van der Waals surface area contributed by atoms with Crippen LogP contribution in [0.25, 0.3) is 0 Å². The first kappa shape index (κ1) is 69.5. The number of benzene rings is 3. The molecule has 3 aromatic carbocycles. The smallest absolute Gasteiger partial charge is 0.465 e. The van der Waals surface area contributed by atoms with Gasteiger partial charge < -0.3 is 78.1 Å². The van der Waals surface area contributed by atoms with E-state index in [2.05, 4.69) is 5.32 Å².